The minimum Gasteiger partial charge on any atom is -0.598 e. The zero-order valence-electron chi connectivity index (χ0n) is 28.4. The van der Waals surface area contributed by atoms with Gasteiger partial charge in [-0.3, -0.25) is 0 Å². The summed E-state index contributed by atoms with van der Waals surface area (Å²) in [5, 5.41) is 17.4. The van der Waals surface area contributed by atoms with Gasteiger partial charge in [0.1, 0.15) is 10.5 Å². The molecule has 1 aromatic carbocycles. The van der Waals surface area contributed by atoms with Crippen LogP contribution in [0.4, 0.5) is 0 Å². The topological polar surface area (TPSA) is 117 Å². The van der Waals surface area contributed by atoms with Gasteiger partial charge >= 0.3 is 0 Å². The van der Waals surface area contributed by atoms with Gasteiger partial charge in [0.2, 0.25) is 0 Å². The third kappa shape index (κ3) is 7.96. The molecule has 4 aromatic rings. The van der Waals surface area contributed by atoms with E-state index in [4.69, 9.17) is 24.2 Å². The van der Waals surface area contributed by atoms with Crippen LogP contribution in [0.1, 0.15) is 79.6 Å². The highest BCUT2D eigenvalue weighted by molar-refractivity contribution is 7.90. The third-order valence-electron chi connectivity index (χ3n) is 8.24. The van der Waals surface area contributed by atoms with Crippen LogP contribution < -0.4 is 9.46 Å². The van der Waals surface area contributed by atoms with E-state index in [2.05, 4.69) is 38.6 Å². The lowest BCUT2D eigenvalue weighted by Crippen LogP contribution is -2.51. The fraction of sp³-hybridized carbons (Fsp3) is 0.500. The molecular weight excluding hydrogens is 603 g/mol. The van der Waals surface area contributed by atoms with E-state index in [1.54, 1.807) is 12.3 Å². The first-order valence-corrected chi connectivity index (χ1v) is 19.7. The van der Waals surface area contributed by atoms with Crippen molar-refractivity contribution in [2.75, 3.05) is 6.61 Å². The van der Waals surface area contributed by atoms with E-state index in [1.165, 1.54) is 0 Å². The highest BCUT2D eigenvalue weighted by atomic mass is 32.2. The second-order valence-electron chi connectivity index (χ2n) is 13.9. The second-order valence-corrected chi connectivity index (χ2v) is 20.7. The van der Waals surface area contributed by atoms with Crippen LogP contribution in [0.25, 0.3) is 28.0 Å². The van der Waals surface area contributed by atoms with E-state index in [0.29, 0.717) is 49.0 Å². The molecule has 0 radical (unpaired) electrons. The van der Waals surface area contributed by atoms with E-state index in [9.17, 15) is 9.66 Å². The van der Waals surface area contributed by atoms with Crippen LogP contribution in [0, 0.1) is 0 Å². The maximum Gasteiger partial charge on any atom is 0.200 e. The van der Waals surface area contributed by atoms with Crippen molar-refractivity contribution in [3.8, 4) is 22.8 Å². The van der Waals surface area contributed by atoms with Gasteiger partial charge in [-0.05, 0) is 88.6 Å². The third-order valence-corrected chi connectivity index (χ3v) is 14.4. The number of nitrogens with one attached hydrogen (secondary N) is 1. The molecule has 0 aliphatic rings. The quantitative estimate of drug-likeness (QED) is 0.0925. The van der Waals surface area contributed by atoms with Crippen LogP contribution in [-0.2, 0) is 28.1 Å². The van der Waals surface area contributed by atoms with Crippen LogP contribution in [0.2, 0.25) is 18.1 Å². The molecule has 45 heavy (non-hydrogen) atoms. The van der Waals surface area contributed by atoms with Gasteiger partial charge in [-0.1, -0.05) is 46.2 Å². The van der Waals surface area contributed by atoms with Crippen molar-refractivity contribution in [2.24, 2.45) is 0 Å². The Bertz CT molecular complexity index is 1610. The molecule has 0 saturated carbocycles. The predicted octanol–water partition coefficient (Wildman–Crippen LogP) is 7.40. The number of fused-ring (bicyclic) bond motifs is 1. The standard InChI is InChI=1S/C34H49N5O4SSi/c1-11-19-34(40,38-44(41)32(3,4)5)30-17-14-16-27(37-30)24-20-28-26(29(21-24)42-12-2)22-35-39(28)31-18-13-15-25(36-31)23-43-45(9,10)33(6,7)8/h13-18,20-22,38,40H,11-12,19,23H2,1-10H3/t34-,44+/m0/s1. The molecule has 0 aliphatic heterocycles. The van der Waals surface area contributed by atoms with Crippen molar-refractivity contribution in [1.29, 1.82) is 0 Å². The highest BCUT2D eigenvalue weighted by Crippen LogP contribution is 2.37. The normalized spacial score (nSPS) is 14.8. The van der Waals surface area contributed by atoms with E-state index < -0.39 is 30.2 Å². The molecule has 4 rings (SSSR count). The molecule has 11 heteroatoms. The van der Waals surface area contributed by atoms with Gasteiger partial charge in [-0.15, -0.1) is 4.72 Å². The molecule has 0 fully saturated rings. The summed E-state index contributed by atoms with van der Waals surface area (Å²) in [6.07, 6.45) is 2.81. The molecule has 2 N–H and O–H groups in total. The lowest BCUT2D eigenvalue weighted by molar-refractivity contribution is 0.0101. The molecule has 0 unspecified atom stereocenters. The number of aromatic nitrogens is 4. The number of nitrogens with zero attached hydrogens (tertiary/aromatic N) is 4. The summed E-state index contributed by atoms with van der Waals surface area (Å²) < 4.78 is 29.7. The molecule has 0 bridgehead atoms. The number of hydrogen-bond acceptors (Lipinski definition) is 8. The molecule has 0 spiro atoms. The smallest absolute Gasteiger partial charge is 0.200 e. The molecule has 0 aliphatic carbocycles. The monoisotopic (exact) mass is 651 g/mol. The summed E-state index contributed by atoms with van der Waals surface area (Å²) in [6, 6.07) is 15.4. The van der Waals surface area contributed by atoms with Crippen molar-refractivity contribution in [3.05, 3.63) is 66.1 Å². The van der Waals surface area contributed by atoms with Crippen molar-refractivity contribution in [1.82, 2.24) is 24.5 Å². The molecule has 9 nitrogen and oxygen atoms in total. The van der Waals surface area contributed by atoms with E-state index in [-0.39, 0.29) is 5.04 Å². The number of pyridine rings is 2. The molecule has 2 atom stereocenters. The minimum atomic E-state index is -1.94. The van der Waals surface area contributed by atoms with E-state index in [1.807, 2.05) is 81.8 Å². The predicted molar refractivity (Wildman–Crippen MR) is 185 cm³/mol. The van der Waals surface area contributed by atoms with Gasteiger partial charge in [0.05, 0.1) is 47.4 Å². The molecular formula is C34H49N5O4SSi. The fourth-order valence-electron chi connectivity index (χ4n) is 4.56. The van der Waals surface area contributed by atoms with Gasteiger partial charge in [0.25, 0.3) is 0 Å². The van der Waals surface area contributed by atoms with Gasteiger partial charge in [0.15, 0.2) is 19.9 Å². The number of ether oxygens (including phenoxy) is 1. The van der Waals surface area contributed by atoms with E-state index >= 15 is 0 Å². The molecule has 3 aromatic heterocycles. The summed E-state index contributed by atoms with van der Waals surface area (Å²) in [7, 11) is -1.94. The summed E-state index contributed by atoms with van der Waals surface area (Å²) in [5.41, 5.74) is 1.94. The summed E-state index contributed by atoms with van der Waals surface area (Å²) in [5.74, 6) is 1.35. The largest absolute Gasteiger partial charge is 0.598 e. The maximum absolute atomic E-state index is 13.0. The van der Waals surface area contributed by atoms with Crippen molar-refractivity contribution >= 4 is 30.6 Å². The van der Waals surface area contributed by atoms with Crippen molar-refractivity contribution < 1.29 is 18.8 Å². The summed E-state index contributed by atoms with van der Waals surface area (Å²) in [6.45, 7) is 21.6. The first kappa shape index (κ1) is 35.1. The van der Waals surface area contributed by atoms with Crippen molar-refractivity contribution in [2.45, 2.75) is 103 Å². The molecule has 3 heterocycles. The van der Waals surface area contributed by atoms with Crippen LogP contribution in [-0.4, -0.2) is 49.1 Å². The minimum absolute atomic E-state index is 0.103. The average molecular weight is 652 g/mol. The van der Waals surface area contributed by atoms with Gasteiger partial charge in [0, 0.05) is 16.9 Å². The number of aliphatic hydroxyl groups is 1. The van der Waals surface area contributed by atoms with Crippen LogP contribution in [0.3, 0.4) is 0 Å². The molecule has 0 saturated heterocycles. The second kappa shape index (κ2) is 13.5. The lowest BCUT2D eigenvalue weighted by Gasteiger charge is -2.36. The maximum atomic E-state index is 13.0. The van der Waals surface area contributed by atoms with Crippen LogP contribution in [0.15, 0.2) is 54.7 Å². The summed E-state index contributed by atoms with van der Waals surface area (Å²) >= 11 is -1.50. The van der Waals surface area contributed by atoms with Crippen molar-refractivity contribution in [3.63, 3.8) is 0 Å². The van der Waals surface area contributed by atoms with Gasteiger partial charge < -0.3 is 18.8 Å². The Hall–Kier alpha value is -2.80. The van der Waals surface area contributed by atoms with Crippen LogP contribution in [0.5, 0.6) is 5.75 Å². The summed E-state index contributed by atoms with van der Waals surface area (Å²) in [4.78, 5) is 9.80. The number of benzene rings is 1. The Balaban J connectivity index is 1.76. The van der Waals surface area contributed by atoms with Crippen LogP contribution >= 0.6 is 0 Å². The number of rotatable bonds is 12. The van der Waals surface area contributed by atoms with Gasteiger partial charge in [-0.2, -0.15) is 5.10 Å². The Morgan fingerprint density at radius 2 is 1.71 bits per heavy atom. The fourth-order valence-corrected chi connectivity index (χ4v) is 6.32. The SMILES string of the molecule is CCC[C@@](O)(N[S@+]([O-])C(C)(C)C)c1cccc(-c2cc(OCC)c3cnn(-c4cccc(CO[Si](C)(C)C(C)(C)C)n4)c3c2)n1. The zero-order valence-corrected chi connectivity index (χ0v) is 30.2. The molecule has 244 valence electrons. The lowest BCUT2D eigenvalue weighted by atomic mass is 10.0. The number of hydrogen-bond donors (Lipinski definition) is 2. The van der Waals surface area contributed by atoms with Gasteiger partial charge in [-0.25, -0.2) is 14.6 Å². The Labute approximate surface area is 272 Å². The Morgan fingerprint density at radius 1 is 1.00 bits per heavy atom. The Morgan fingerprint density at radius 3 is 2.36 bits per heavy atom. The average Bonchev–Trinajstić information content (AvgIpc) is 3.40. The first-order chi connectivity index (χ1) is 21.0. The highest BCUT2D eigenvalue weighted by Gasteiger charge is 2.40. The zero-order chi connectivity index (χ0) is 33.2. The first-order valence-electron chi connectivity index (χ1n) is 15.6. The van der Waals surface area contributed by atoms with E-state index in [0.717, 1.165) is 22.2 Å². The molecule has 0 amide bonds. The Kier molecular flexibility index (Phi) is 10.5.